The Labute approximate surface area is 143 Å². The molecule has 0 saturated carbocycles. The molecule has 1 N–H and O–H groups in total. The van der Waals surface area contributed by atoms with Crippen molar-refractivity contribution in [1.82, 2.24) is 14.7 Å². The molecule has 6 nitrogen and oxygen atoms in total. The van der Waals surface area contributed by atoms with E-state index in [0.29, 0.717) is 6.54 Å². The zero-order chi connectivity index (χ0) is 17.5. The number of aliphatic carboxylic acids is 1. The van der Waals surface area contributed by atoms with Gasteiger partial charge in [0.2, 0.25) is 5.91 Å². The van der Waals surface area contributed by atoms with Gasteiger partial charge in [-0.3, -0.25) is 14.5 Å². The largest absolute Gasteiger partial charge is 0.480 e. The Hall–Kier alpha value is -1.92. The minimum Gasteiger partial charge on any atom is -0.480 e. The van der Waals surface area contributed by atoms with E-state index < -0.39 is 12.0 Å². The second-order valence-corrected chi connectivity index (χ2v) is 6.31. The minimum absolute atomic E-state index is 0.116. The molecule has 1 heterocycles. The molecule has 0 bridgehead atoms. The molecule has 1 atom stereocenters. The lowest BCUT2D eigenvalue weighted by atomic mass is 10.0. The van der Waals surface area contributed by atoms with Crippen LogP contribution in [0.25, 0.3) is 0 Å². The average molecular weight is 333 g/mol. The minimum atomic E-state index is -0.970. The molecular weight excluding hydrogens is 306 g/mol. The van der Waals surface area contributed by atoms with Crippen molar-refractivity contribution in [3.8, 4) is 0 Å². The van der Waals surface area contributed by atoms with Crippen molar-refractivity contribution in [2.75, 3.05) is 46.3 Å². The van der Waals surface area contributed by atoms with Gasteiger partial charge in [-0.15, -0.1) is 0 Å². The fourth-order valence-electron chi connectivity index (χ4n) is 3.10. The Morgan fingerprint density at radius 2 is 1.79 bits per heavy atom. The van der Waals surface area contributed by atoms with Crippen molar-refractivity contribution in [3.63, 3.8) is 0 Å². The summed E-state index contributed by atoms with van der Waals surface area (Å²) in [5.74, 6) is -1.09. The van der Waals surface area contributed by atoms with Gasteiger partial charge in [-0.2, -0.15) is 0 Å². The molecule has 0 radical (unpaired) electrons. The van der Waals surface area contributed by atoms with E-state index in [1.54, 1.807) is 0 Å². The number of benzene rings is 1. The fraction of sp³-hybridized carbons (Fsp3) is 0.556. The quantitative estimate of drug-likeness (QED) is 0.815. The molecule has 132 valence electrons. The molecule has 1 fully saturated rings. The number of hydrogen-bond acceptors (Lipinski definition) is 4. The van der Waals surface area contributed by atoms with Crippen LogP contribution in [-0.4, -0.2) is 78.0 Å². The standard InChI is InChI=1S/C18H27N3O3/c1-3-9-21(14-16(22)23)18(24)17(15-7-5-4-6-8-15)20-12-10-19(2)11-13-20/h4-8,17H,3,9-14H2,1-2H3,(H,22,23). The van der Waals surface area contributed by atoms with E-state index in [-0.39, 0.29) is 12.5 Å². The van der Waals surface area contributed by atoms with E-state index in [2.05, 4.69) is 16.8 Å². The monoisotopic (exact) mass is 333 g/mol. The number of rotatable bonds is 7. The van der Waals surface area contributed by atoms with E-state index in [9.17, 15) is 9.59 Å². The predicted octanol–water partition coefficient (Wildman–Crippen LogP) is 1.30. The first-order chi connectivity index (χ1) is 11.5. The van der Waals surface area contributed by atoms with E-state index in [1.807, 2.05) is 37.3 Å². The van der Waals surface area contributed by atoms with Crippen molar-refractivity contribution in [2.24, 2.45) is 0 Å². The van der Waals surface area contributed by atoms with Crippen LogP contribution >= 0.6 is 0 Å². The third-order valence-electron chi connectivity index (χ3n) is 4.38. The van der Waals surface area contributed by atoms with Crippen molar-refractivity contribution in [2.45, 2.75) is 19.4 Å². The number of amides is 1. The molecule has 0 aromatic heterocycles. The molecule has 6 heteroatoms. The lowest BCUT2D eigenvalue weighted by Gasteiger charge is -2.39. The number of likely N-dealkylation sites (N-methyl/N-ethyl adjacent to an activating group) is 1. The summed E-state index contributed by atoms with van der Waals surface area (Å²) in [6.07, 6.45) is 0.739. The molecule has 1 saturated heterocycles. The predicted molar refractivity (Wildman–Crippen MR) is 92.8 cm³/mol. The Kier molecular flexibility index (Phi) is 6.75. The number of piperazine rings is 1. The number of carbonyl (C=O) groups excluding carboxylic acids is 1. The molecular formula is C18H27N3O3. The third-order valence-corrected chi connectivity index (χ3v) is 4.38. The van der Waals surface area contributed by atoms with Crippen molar-refractivity contribution in [1.29, 1.82) is 0 Å². The van der Waals surface area contributed by atoms with Crippen molar-refractivity contribution >= 4 is 11.9 Å². The Morgan fingerprint density at radius 3 is 2.33 bits per heavy atom. The highest BCUT2D eigenvalue weighted by molar-refractivity contribution is 5.86. The van der Waals surface area contributed by atoms with Crippen LogP contribution < -0.4 is 0 Å². The zero-order valence-electron chi connectivity index (χ0n) is 14.5. The summed E-state index contributed by atoms with van der Waals surface area (Å²) in [5, 5.41) is 9.14. The first-order valence-corrected chi connectivity index (χ1v) is 8.51. The second-order valence-electron chi connectivity index (χ2n) is 6.31. The maximum absolute atomic E-state index is 13.2. The molecule has 1 amide bonds. The smallest absolute Gasteiger partial charge is 0.323 e. The summed E-state index contributed by atoms with van der Waals surface area (Å²) in [5.41, 5.74) is 0.929. The van der Waals surface area contributed by atoms with E-state index in [1.165, 1.54) is 4.90 Å². The van der Waals surface area contributed by atoms with Gasteiger partial charge < -0.3 is 14.9 Å². The maximum atomic E-state index is 13.2. The number of carboxylic acids is 1. The SMILES string of the molecule is CCCN(CC(=O)O)C(=O)C(c1ccccc1)N1CCN(C)CC1. The summed E-state index contributed by atoms with van der Waals surface area (Å²) < 4.78 is 0. The first-order valence-electron chi connectivity index (χ1n) is 8.51. The van der Waals surface area contributed by atoms with Crippen LogP contribution in [0.4, 0.5) is 0 Å². The normalized spacial score (nSPS) is 17.4. The summed E-state index contributed by atoms with van der Waals surface area (Å²) in [7, 11) is 2.07. The Balaban J connectivity index is 2.26. The van der Waals surface area contributed by atoms with E-state index in [4.69, 9.17) is 5.11 Å². The molecule has 24 heavy (non-hydrogen) atoms. The topological polar surface area (TPSA) is 64.1 Å². The lowest BCUT2D eigenvalue weighted by Crippen LogP contribution is -2.51. The van der Waals surface area contributed by atoms with Gasteiger partial charge in [0.15, 0.2) is 0 Å². The van der Waals surface area contributed by atoms with Crippen LogP contribution in [0.3, 0.4) is 0 Å². The highest BCUT2D eigenvalue weighted by Crippen LogP contribution is 2.24. The van der Waals surface area contributed by atoms with Crippen LogP contribution in [0.2, 0.25) is 0 Å². The van der Waals surface area contributed by atoms with Gasteiger partial charge in [0, 0.05) is 32.7 Å². The van der Waals surface area contributed by atoms with Gasteiger partial charge in [0.25, 0.3) is 0 Å². The second kappa shape index (κ2) is 8.80. The zero-order valence-corrected chi connectivity index (χ0v) is 14.5. The highest BCUT2D eigenvalue weighted by atomic mass is 16.4. The highest BCUT2D eigenvalue weighted by Gasteiger charge is 2.33. The van der Waals surface area contributed by atoms with Gasteiger partial charge in [-0.1, -0.05) is 37.3 Å². The first kappa shape index (κ1) is 18.4. The lowest BCUT2D eigenvalue weighted by molar-refractivity contribution is -0.147. The number of hydrogen-bond donors (Lipinski definition) is 1. The molecule has 1 aliphatic rings. The van der Waals surface area contributed by atoms with Crippen LogP contribution in [0.5, 0.6) is 0 Å². The van der Waals surface area contributed by atoms with Gasteiger partial charge in [0.1, 0.15) is 12.6 Å². The van der Waals surface area contributed by atoms with Crippen LogP contribution in [0, 0.1) is 0 Å². The summed E-state index contributed by atoms with van der Waals surface area (Å²) in [6.45, 7) is 5.58. The third kappa shape index (κ3) is 4.79. The molecule has 0 aliphatic carbocycles. The molecule has 1 aromatic rings. The van der Waals surface area contributed by atoms with Crippen molar-refractivity contribution < 1.29 is 14.7 Å². The molecule has 1 aliphatic heterocycles. The van der Waals surface area contributed by atoms with Crippen LogP contribution in [0.15, 0.2) is 30.3 Å². The molecule has 1 unspecified atom stereocenters. The molecule has 2 rings (SSSR count). The average Bonchev–Trinajstić information content (AvgIpc) is 2.57. The van der Waals surface area contributed by atoms with Crippen molar-refractivity contribution in [3.05, 3.63) is 35.9 Å². The Morgan fingerprint density at radius 1 is 1.17 bits per heavy atom. The molecule has 0 spiro atoms. The number of carbonyl (C=O) groups is 2. The summed E-state index contributed by atoms with van der Waals surface area (Å²) in [4.78, 5) is 30.2. The van der Waals surface area contributed by atoms with Gasteiger partial charge >= 0.3 is 5.97 Å². The van der Waals surface area contributed by atoms with Gasteiger partial charge in [-0.25, -0.2) is 0 Å². The Bertz CT molecular complexity index is 542. The van der Waals surface area contributed by atoms with E-state index >= 15 is 0 Å². The fourth-order valence-corrected chi connectivity index (χ4v) is 3.10. The maximum Gasteiger partial charge on any atom is 0.323 e. The number of nitrogens with zero attached hydrogens (tertiary/aromatic N) is 3. The van der Waals surface area contributed by atoms with Gasteiger partial charge in [0.05, 0.1) is 0 Å². The van der Waals surface area contributed by atoms with Crippen LogP contribution in [-0.2, 0) is 9.59 Å². The van der Waals surface area contributed by atoms with Gasteiger partial charge in [-0.05, 0) is 19.0 Å². The van der Waals surface area contributed by atoms with Crippen LogP contribution in [0.1, 0.15) is 24.9 Å². The van der Waals surface area contributed by atoms with E-state index in [0.717, 1.165) is 38.2 Å². The summed E-state index contributed by atoms with van der Waals surface area (Å²) >= 11 is 0. The molecule has 1 aromatic carbocycles. The summed E-state index contributed by atoms with van der Waals surface area (Å²) in [6, 6.07) is 9.26. The number of carboxylic acid groups (broad SMARTS) is 1.